The molecule has 0 bridgehead atoms. The number of benzene rings is 2. The van der Waals surface area contributed by atoms with Crippen LogP contribution in [0.25, 0.3) is 0 Å². The van der Waals surface area contributed by atoms with E-state index in [1.165, 1.54) is 11.1 Å². The van der Waals surface area contributed by atoms with Crippen LogP contribution in [-0.4, -0.2) is 24.1 Å². The van der Waals surface area contributed by atoms with Crippen LogP contribution in [0.15, 0.2) is 90.1 Å². The molecule has 1 aliphatic heterocycles. The van der Waals surface area contributed by atoms with Crippen molar-refractivity contribution in [1.29, 1.82) is 0 Å². The van der Waals surface area contributed by atoms with Gasteiger partial charge in [-0.15, -0.1) is 6.58 Å². The van der Waals surface area contributed by atoms with E-state index in [-0.39, 0.29) is 24.7 Å². The minimum Gasteiger partial charge on any atom is -0.445 e. The van der Waals surface area contributed by atoms with Gasteiger partial charge in [0.2, 0.25) is 0 Å². The number of aryl methyl sites for hydroxylation is 1. The molecule has 1 heterocycles. The molecule has 0 radical (unpaired) electrons. The second kappa shape index (κ2) is 17.4. The first-order chi connectivity index (χ1) is 17.5. The van der Waals surface area contributed by atoms with E-state index in [2.05, 4.69) is 50.0 Å². The van der Waals surface area contributed by atoms with Gasteiger partial charge < -0.3 is 10.1 Å². The van der Waals surface area contributed by atoms with Crippen molar-refractivity contribution in [2.24, 2.45) is 5.92 Å². The summed E-state index contributed by atoms with van der Waals surface area (Å²) in [4.78, 5) is 15.1. The molecule has 1 aliphatic rings. The second-order valence-electron chi connectivity index (χ2n) is 8.01. The average molecular weight is 511 g/mol. The molecule has 3 rings (SSSR count). The number of nitrogens with zero attached hydrogens (tertiary/aromatic N) is 1. The molecule has 1 amide bonds. The normalized spacial score (nSPS) is 15.8. The Bertz CT molecular complexity index is 968. The summed E-state index contributed by atoms with van der Waals surface area (Å²) in [5.74, 6) is 0.148. The van der Waals surface area contributed by atoms with Crippen LogP contribution in [0.2, 0.25) is 0 Å². The van der Waals surface area contributed by atoms with Crippen LogP contribution in [0.4, 0.5) is 4.79 Å². The third-order valence-corrected chi connectivity index (χ3v) is 5.88. The Kier molecular flexibility index (Phi) is 15.1. The van der Waals surface area contributed by atoms with Gasteiger partial charge in [-0.1, -0.05) is 119 Å². The molecule has 0 fully saturated rings. The smallest absolute Gasteiger partial charge is 0.410 e. The summed E-state index contributed by atoms with van der Waals surface area (Å²) < 4.78 is 5.72. The molecule has 2 aromatic rings. The van der Waals surface area contributed by atoms with E-state index in [4.69, 9.17) is 16.3 Å². The lowest BCUT2D eigenvalue weighted by Gasteiger charge is -2.40. The van der Waals surface area contributed by atoms with Crippen LogP contribution < -0.4 is 5.32 Å². The lowest BCUT2D eigenvalue weighted by molar-refractivity contribution is 0.0812. The lowest BCUT2D eigenvalue weighted by Crippen LogP contribution is -2.44. The van der Waals surface area contributed by atoms with Crippen molar-refractivity contribution < 1.29 is 9.53 Å². The predicted octanol–water partition coefficient (Wildman–Crippen LogP) is 8.55. The van der Waals surface area contributed by atoms with E-state index in [1.807, 2.05) is 75.1 Å². The molecule has 2 aromatic carbocycles. The number of ether oxygens (including phenoxy) is 1. The first kappa shape index (κ1) is 31.1. The Hall–Kier alpha value is -2.98. The Morgan fingerprint density at radius 3 is 2.36 bits per heavy atom. The molecule has 0 aromatic heterocycles. The van der Waals surface area contributed by atoms with Crippen LogP contribution in [0.1, 0.15) is 63.8 Å². The number of carbonyl (C=O) groups excluding carboxylic acids is 1. The fraction of sp³-hybridized carbons (Fsp3) is 0.387. The molecule has 5 heteroatoms. The average Bonchev–Trinajstić information content (AvgIpc) is 2.93. The third-order valence-electron chi connectivity index (χ3n) is 5.73. The molecular weight excluding hydrogens is 468 g/mol. The number of amides is 1. The number of carbonyl (C=O) groups is 1. The zero-order valence-electron chi connectivity index (χ0n) is 22.8. The van der Waals surface area contributed by atoms with Crippen molar-refractivity contribution in [2.45, 2.75) is 60.6 Å². The Balaban J connectivity index is 0.00000154. The van der Waals surface area contributed by atoms with Crippen molar-refractivity contribution >= 4 is 17.7 Å². The maximum atomic E-state index is 13.2. The van der Waals surface area contributed by atoms with E-state index >= 15 is 0 Å². The Labute approximate surface area is 223 Å². The van der Waals surface area contributed by atoms with Crippen molar-refractivity contribution in [3.63, 3.8) is 0 Å². The van der Waals surface area contributed by atoms with Gasteiger partial charge in [-0.2, -0.15) is 0 Å². The summed E-state index contributed by atoms with van der Waals surface area (Å²) >= 11 is 5.89. The standard InChI is InChI=1S/C27H31ClN2O2.2C2H6/c1-4-17-29-25-24(21(3)14-16-28)15-18-30(26(25)23-12-10-20(2)11-13-23)27(31)32-19-22-8-6-5-7-9-22;2*1-2/h4-14,16,21,26,29H,1,15,17-19H2,2-3H3;2*1-2H3/b16-14+;;. The van der Waals surface area contributed by atoms with Gasteiger partial charge in [0.1, 0.15) is 12.6 Å². The second-order valence-corrected chi connectivity index (χ2v) is 8.26. The first-order valence-electron chi connectivity index (χ1n) is 12.9. The van der Waals surface area contributed by atoms with Crippen molar-refractivity contribution in [1.82, 2.24) is 10.2 Å². The van der Waals surface area contributed by atoms with Crippen LogP contribution >= 0.6 is 11.6 Å². The van der Waals surface area contributed by atoms with E-state index in [0.29, 0.717) is 13.1 Å². The zero-order valence-corrected chi connectivity index (χ0v) is 23.5. The summed E-state index contributed by atoms with van der Waals surface area (Å²) in [6.45, 7) is 17.5. The molecule has 196 valence electrons. The summed E-state index contributed by atoms with van der Waals surface area (Å²) in [6, 6.07) is 17.8. The monoisotopic (exact) mass is 510 g/mol. The van der Waals surface area contributed by atoms with Gasteiger partial charge in [0.05, 0.1) is 0 Å². The third kappa shape index (κ3) is 8.91. The van der Waals surface area contributed by atoms with Gasteiger partial charge in [-0.3, -0.25) is 4.90 Å². The van der Waals surface area contributed by atoms with Crippen LogP contribution in [-0.2, 0) is 11.3 Å². The van der Waals surface area contributed by atoms with Crippen LogP contribution in [0, 0.1) is 12.8 Å². The molecule has 0 saturated heterocycles. The molecule has 1 N–H and O–H groups in total. The molecule has 0 saturated carbocycles. The van der Waals surface area contributed by atoms with Crippen LogP contribution in [0.5, 0.6) is 0 Å². The highest BCUT2D eigenvalue weighted by Gasteiger charge is 2.35. The Morgan fingerprint density at radius 2 is 1.78 bits per heavy atom. The minimum absolute atomic E-state index is 0.148. The minimum atomic E-state index is -0.322. The molecule has 0 spiro atoms. The fourth-order valence-electron chi connectivity index (χ4n) is 4.02. The van der Waals surface area contributed by atoms with Gasteiger partial charge in [-0.25, -0.2) is 4.79 Å². The maximum Gasteiger partial charge on any atom is 0.410 e. The summed E-state index contributed by atoms with van der Waals surface area (Å²) in [7, 11) is 0. The van der Waals surface area contributed by atoms with Crippen molar-refractivity contribution in [3.8, 4) is 0 Å². The van der Waals surface area contributed by atoms with Gasteiger partial charge >= 0.3 is 6.09 Å². The molecule has 0 aliphatic carbocycles. The summed E-state index contributed by atoms with van der Waals surface area (Å²) in [5, 5.41) is 3.52. The molecule has 2 unspecified atom stereocenters. The Morgan fingerprint density at radius 1 is 1.14 bits per heavy atom. The number of nitrogens with one attached hydrogen (secondary N) is 1. The molecular formula is C31H43ClN2O2. The number of hydrogen-bond acceptors (Lipinski definition) is 3. The quantitative estimate of drug-likeness (QED) is 0.361. The highest BCUT2D eigenvalue weighted by atomic mass is 35.5. The van der Waals surface area contributed by atoms with E-state index in [9.17, 15) is 4.79 Å². The first-order valence-corrected chi connectivity index (χ1v) is 13.4. The molecule has 36 heavy (non-hydrogen) atoms. The predicted molar refractivity (Wildman–Crippen MR) is 154 cm³/mol. The van der Waals surface area contributed by atoms with Gasteiger partial charge in [0.15, 0.2) is 0 Å². The SMILES string of the molecule is C=CCNC1=C(C(C)/C=C/Cl)CCN(C(=O)OCc2ccccc2)C1c1ccc(C)cc1.CC.CC. The highest BCUT2D eigenvalue weighted by molar-refractivity contribution is 6.25. The largest absolute Gasteiger partial charge is 0.445 e. The van der Waals surface area contributed by atoms with E-state index in [1.54, 1.807) is 5.54 Å². The number of allylic oxidation sites excluding steroid dienone is 1. The molecule has 2 atom stereocenters. The van der Waals surface area contributed by atoms with Gasteiger partial charge in [0.25, 0.3) is 0 Å². The van der Waals surface area contributed by atoms with Gasteiger partial charge in [0, 0.05) is 24.3 Å². The fourth-order valence-corrected chi connectivity index (χ4v) is 4.24. The van der Waals surface area contributed by atoms with E-state index < -0.39 is 0 Å². The van der Waals surface area contributed by atoms with Crippen molar-refractivity contribution in [2.75, 3.05) is 13.1 Å². The van der Waals surface area contributed by atoms with Crippen molar-refractivity contribution in [3.05, 3.63) is 107 Å². The number of hydrogen-bond donors (Lipinski definition) is 1. The highest BCUT2D eigenvalue weighted by Crippen LogP contribution is 2.38. The number of rotatable bonds is 8. The van der Waals surface area contributed by atoms with Gasteiger partial charge in [-0.05, 0) is 36.0 Å². The summed E-state index contributed by atoms with van der Waals surface area (Å²) in [6.07, 6.45) is 4.22. The topological polar surface area (TPSA) is 41.6 Å². The summed E-state index contributed by atoms with van der Waals surface area (Å²) in [5.41, 5.74) is 6.99. The van der Waals surface area contributed by atoms with Crippen LogP contribution in [0.3, 0.4) is 0 Å². The number of halogens is 1. The van der Waals surface area contributed by atoms with E-state index in [0.717, 1.165) is 23.2 Å². The molecule has 4 nitrogen and oxygen atoms in total. The lowest BCUT2D eigenvalue weighted by atomic mass is 9.86. The zero-order chi connectivity index (χ0) is 26.9. The maximum absolute atomic E-state index is 13.2.